The molecule has 142 valence electrons. The van der Waals surface area contributed by atoms with Crippen LogP contribution in [-0.4, -0.2) is 23.3 Å². The molecule has 0 spiro atoms. The van der Waals surface area contributed by atoms with Crippen LogP contribution in [0, 0.1) is 24.5 Å². The van der Waals surface area contributed by atoms with Crippen molar-refractivity contribution < 1.29 is 23.5 Å². The Morgan fingerprint density at radius 3 is 2.56 bits per heavy atom. The zero-order valence-electron chi connectivity index (χ0n) is 14.6. The van der Waals surface area contributed by atoms with Crippen LogP contribution in [0.25, 0.3) is 0 Å². The van der Waals surface area contributed by atoms with E-state index >= 15 is 0 Å². The van der Waals surface area contributed by atoms with Gasteiger partial charge in [-0.05, 0) is 42.3 Å². The lowest BCUT2D eigenvalue weighted by Gasteiger charge is -2.18. The summed E-state index contributed by atoms with van der Waals surface area (Å²) in [5.41, 5.74) is 0.826. The summed E-state index contributed by atoms with van der Waals surface area (Å²) < 4.78 is 28.7. The zero-order valence-corrected chi connectivity index (χ0v) is 15.3. The van der Waals surface area contributed by atoms with Crippen molar-refractivity contribution in [3.63, 3.8) is 0 Å². The number of aryl methyl sites for hydroxylation is 1. The molecule has 1 amide bonds. The van der Waals surface area contributed by atoms with E-state index in [9.17, 15) is 23.5 Å². The number of phenols is 1. The Bertz CT molecular complexity index is 893. The molecule has 7 heteroatoms. The Morgan fingerprint density at radius 2 is 1.93 bits per heavy atom. The standard InChI is InChI=1S/C20H18ClF2NO3/c1-10-4-16(22)19(17(23)5-10)14-9-24-20(27)13(14)8-12(25)6-11-2-3-15(21)18(26)7-11/h2-5,7,13-14,26H,6,8-9H2,1H3,(H,24,27)/t13-,14+/m0/s1. The number of rotatable bonds is 5. The number of aromatic hydroxyl groups is 1. The smallest absolute Gasteiger partial charge is 0.224 e. The number of Topliss-reactive ketones (excluding diaryl/α,β-unsaturated/α-hetero) is 1. The molecule has 2 N–H and O–H groups in total. The molecule has 0 unspecified atom stereocenters. The van der Waals surface area contributed by atoms with Gasteiger partial charge in [-0.2, -0.15) is 0 Å². The predicted molar refractivity (Wildman–Crippen MR) is 96.8 cm³/mol. The molecule has 0 aliphatic carbocycles. The van der Waals surface area contributed by atoms with E-state index in [1.165, 1.54) is 24.3 Å². The van der Waals surface area contributed by atoms with Gasteiger partial charge >= 0.3 is 0 Å². The molecular weight excluding hydrogens is 376 g/mol. The lowest BCUT2D eigenvalue weighted by atomic mass is 9.83. The lowest BCUT2D eigenvalue weighted by Crippen LogP contribution is -2.23. The summed E-state index contributed by atoms with van der Waals surface area (Å²) in [6, 6.07) is 6.89. The van der Waals surface area contributed by atoms with Crippen molar-refractivity contribution in [2.45, 2.75) is 25.7 Å². The van der Waals surface area contributed by atoms with Crippen molar-refractivity contribution in [2.75, 3.05) is 6.54 Å². The fraction of sp³-hybridized carbons (Fsp3) is 0.300. The molecule has 1 heterocycles. The largest absolute Gasteiger partial charge is 0.506 e. The van der Waals surface area contributed by atoms with E-state index in [0.29, 0.717) is 11.1 Å². The van der Waals surface area contributed by atoms with E-state index in [0.717, 1.165) is 0 Å². The average molecular weight is 394 g/mol. The molecule has 1 aliphatic heterocycles. The number of nitrogens with one attached hydrogen (secondary N) is 1. The van der Waals surface area contributed by atoms with E-state index in [-0.39, 0.29) is 41.5 Å². The lowest BCUT2D eigenvalue weighted by molar-refractivity contribution is -0.127. The van der Waals surface area contributed by atoms with Gasteiger partial charge in [-0.15, -0.1) is 0 Å². The molecule has 2 aromatic carbocycles. The number of hydrogen-bond acceptors (Lipinski definition) is 3. The van der Waals surface area contributed by atoms with Gasteiger partial charge in [-0.25, -0.2) is 8.78 Å². The first kappa shape index (κ1) is 19.3. The highest BCUT2D eigenvalue weighted by Crippen LogP contribution is 2.35. The third-order valence-corrected chi connectivity index (χ3v) is 5.09. The summed E-state index contributed by atoms with van der Waals surface area (Å²) in [5, 5.41) is 12.4. The van der Waals surface area contributed by atoms with Gasteiger partial charge in [0.2, 0.25) is 5.91 Å². The number of benzene rings is 2. The van der Waals surface area contributed by atoms with E-state index in [1.807, 2.05) is 0 Å². The van der Waals surface area contributed by atoms with Gasteiger partial charge in [0.25, 0.3) is 0 Å². The highest BCUT2D eigenvalue weighted by atomic mass is 35.5. The molecule has 0 saturated carbocycles. The summed E-state index contributed by atoms with van der Waals surface area (Å²) in [6.07, 6.45) is -0.160. The minimum absolute atomic E-state index is 0.0138. The van der Waals surface area contributed by atoms with Gasteiger partial charge in [-0.3, -0.25) is 9.59 Å². The van der Waals surface area contributed by atoms with Crippen molar-refractivity contribution in [2.24, 2.45) is 5.92 Å². The molecule has 2 aromatic rings. The van der Waals surface area contributed by atoms with Crippen LogP contribution < -0.4 is 5.32 Å². The van der Waals surface area contributed by atoms with Crippen molar-refractivity contribution >= 4 is 23.3 Å². The summed E-state index contributed by atoms with van der Waals surface area (Å²) in [4.78, 5) is 24.6. The van der Waals surface area contributed by atoms with Gasteiger partial charge < -0.3 is 10.4 Å². The van der Waals surface area contributed by atoms with Crippen LogP contribution in [-0.2, 0) is 16.0 Å². The van der Waals surface area contributed by atoms with Crippen molar-refractivity contribution in [1.82, 2.24) is 5.32 Å². The Balaban J connectivity index is 1.79. The van der Waals surface area contributed by atoms with Gasteiger partial charge in [0.05, 0.1) is 10.9 Å². The molecule has 4 nitrogen and oxygen atoms in total. The first-order valence-electron chi connectivity index (χ1n) is 8.48. The third-order valence-electron chi connectivity index (χ3n) is 4.77. The molecule has 2 atom stereocenters. The molecule has 1 fully saturated rings. The molecular formula is C20H18ClF2NO3. The molecule has 0 aromatic heterocycles. The first-order chi connectivity index (χ1) is 12.8. The van der Waals surface area contributed by atoms with Crippen LogP contribution in [0.2, 0.25) is 5.02 Å². The fourth-order valence-electron chi connectivity index (χ4n) is 3.48. The monoisotopic (exact) mass is 393 g/mol. The van der Waals surface area contributed by atoms with Crippen molar-refractivity contribution in [3.05, 3.63) is 63.7 Å². The Kier molecular flexibility index (Phi) is 5.46. The van der Waals surface area contributed by atoms with Gasteiger partial charge in [0.1, 0.15) is 23.2 Å². The Labute approximate surface area is 160 Å². The first-order valence-corrected chi connectivity index (χ1v) is 8.86. The second kappa shape index (κ2) is 7.64. The quantitative estimate of drug-likeness (QED) is 0.814. The maximum Gasteiger partial charge on any atom is 0.224 e. The van der Waals surface area contributed by atoms with Crippen LogP contribution in [0.1, 0.15) is 29.0 Å². The summed E-state index contributed by atoms with van der Waals surface area (Å²) in [5.74, 6) is -3.82. The van der Waals surface area contributed by atoms with Crippen LogP contribution in [0.4, 0.5) is 8.78 Å². The number of carbonyl (C=O) groups excluding carboxylic acids is 2. The van der Waals surface area contributed by atoms with E-state index in [1.54, 1.807) is 13.0 Å². The van der Waals surface area contributed by atoms with Gasteiger partial charge in [0.15, 0.2) is 0 Å². The molecule has 0 radical (unpaired) electrons. The minimum atomic E-state index is -0.842. The van der Waals surface area contributed by atoms with Gasteiger partial charge in [0, 0.05) is 30.9 Å². The number of amides is 1. The zero-order chi connectivity index (χ0) is 19.7. The predicted octanol–water partition coefficient (Wildman–Crippen LogP) is 3.66. The second-order valence-electron chi connectivity index (χ2n) is 6.81. The van der Waals surface area contributed by atoms with Crippen LogP contribution >= 0.6 is 11.6 Å². The third kappa shape index (κ3) is 4.11. The molecule has 1 saturated heterocycles. The normalized spacial score (nSPS) is 19.2. The van der Waals surface area contributed by atoms with Crippen LogP contribution in [0.15, 0.2) is 30.3 Å². The van der Waals surface area contributed by atoms with E-state index < -0.39 is 29.4 Å². The van der Waals surface area contributed by atoms with E-state index in [4.69, 9.17) is 11.6 Å². The molecule has 27 heavy (non-hydrogen) atoms. The second-order valence-corrected chi connectivity index (χ2v) is 7.21. The number of halogens is 3. The van der Waals surface area contributed by atoms with Crippen LogP contribution in [0.3, 0.4) is 0 Å². The van der Waals surface area contributed by atoms with Crippen LogP contribution in [0.5, 0.6) is 5.75 Å². The maximum atomic E-state index is 14.3. The highest BCUT2D eigenvalue weighted by molar-refractivity contribution is 6.32. The molecule has 3 rings (SSSR count). The number of phenolic OH excluding ortho intramolecular Hbond substituents is 1. The summed E-state index contributed by atoms with van der Waals surface area (Å²) in [7, 11) is 0. The summed E-state index contributed by atoms with van der Waals surface area (Å²) >= 11 is 5.74. The average Bonchev–Trinajstić information content (AvgIpc) is 2.91. The number of ketones is 1. The minimum Gasteiger partial charge on any atom is -0.506 e. The van der Waals surface area contributed by atoms with E-state index in [2.05, 4.69) is 5.32 Å². The SMILES string of the molecule is Cc1cc(F)c([C@@H]2CNC(=O)[C@H]2CC(=O)Cc2ccc(Cl)c(O)c2)c(F)c1. The van der Waals surface area contributed by atoms with Gasteiger partial charge in [-0.1, -0.05) is 17.7 Å². The van der Waals surface area contributed by atoms with Crippen molar-refractivity contribution in [1.29, 1.82) is 0 Å². The maximum absolute atomic E-state index is 14.3. The number of carbonyl (C=O) groups is 2. The molecule has 1 aliphatic rings. The number of hydrogen-bond donors (Lipinski definition) is 2. The Hall–Kier alpha value is -2.47. The summed E-state index contributed by atoms with van der Waals surface area (Å²) in [6.45, 7) is 1.66. The molecule has 0 bridgehead atoms. The topological polar surface area (TPSA) is 66.4 Å². The fourth-order valence-corrected chi connectivity index (χ4v) is 3.60. The Morgan fingerprint density at radius 1 is 1.26 bits per heavy atom. The van der Waals surface area contributed by atoms with Crippen molar-refractivity contribution in [3.8, 4) is 5.75 Å². The highest BCUT2D eigenvalue weighted by Gasteiger charge is 2.39.